The van der Waals surface area contributed by atoms with E-state index < -0.39 is 0 Å². The van der Waals surface area contributed by atoms with Crippen LogP contribution in [-0.2, 0) is 4.79 Å². The van der Waals surface area contributed by atoms with Crippen molar-refractivity contribution in [3.63, 3.8) is 0 Å². The van der Waals surface area contributed by atoms with Crippen molar-refractivity contribution in [1.29, 1.82) is 0 Å². The first-order valence-corrected chi connectivity index (χ1v) is 7.98. The number of carbonyl (C=O) groups is 1. The molecule has 0 aromatic carbocycles. The van der Waals surface area contributed by atoms with Crippen molar-refractivity contribution in [2.75, 3.05) is 19.6 Å². The lowest BCUT2D eigenvalue weighted by molar-refractivity contribution is -0.121. The summed E-state index contributed by atoms with van der Waals surface area (Å²) in [6, 6.07) is 1.08. The molecule has 0 aliphatic heterocycles. The van der Waals surface area contributed by atoms with Gasteiger partial charge in [-0.05, 0) is 44.7 Å². The van der Waals surface area contributed by atoms with Crippen molar-refractivity contribution in [1.82, 2.24) is 10.2 Å². The van der Waals surface area contributed by atoms with Crippen molar-refractivity contribution >= 4 is 5.91 Å². The highest BCUT2D eigenvalue weighted by Crippen LogP contribution is 2.28. The third-order valence-corrected chi connectivity index (χ3v) is 4.62. The van der Waals surface area contributed by atoms with E-state index in [9.17, 15) is 4.79 Å². The van der Waals surface area contributed by atoms with E-state index in [0.717, 1.165) is 19.6 Å². The van der Waals surface area contributed by atoms with Crippen LogP contribution in [0.5, 0.6) is 0 Å². The van der Waals surface area contributed by atoms with E-state index in [1.807, 2.05) is 0 Å². The molecule has 0 bridgehead atoms. The van der Waals surface area contributed by atoms with Gasteiger partial charge in [-0.15, -0.1) is 0 Å². The van der Waals surface area contributed by atoms with E-state index in [1.54, 1.807) is 0 Å². The standard InChI is InChI=1S/C15H29N3O/c1-2-18(10-9-15(19)17-13-7-8-13)14-6-4-3-5-12(14)11-16/h12-14H,2-11,16H2,1H3,(H,17,19). The molecule has 0 heterocycles. The predicted molar refractivity (Wildman–Crippen MR) is 77.8 cm³/mol. The smallest absolute Gasteiger partial charge is 0.221 e. The maximum atomic E-state index is 11.8. The van der Waals surface area contributed by atoms with Gasteiger partial charge in [0.25, 0.3) is 0 Å². The summed E-state index contributed by atoms with van der Waals surface area (Å²) in [6.07, 6.45) is 8.11. The lowest BCUT2D eigenvalue weighted by Gasteiger charge is -2.39. The fourth-order valence-corrected chi connectivity index (χ4v) is 3.27. The van der Waals surface area contributed by atoms with Gasteiger partial charge in [-0.2, -0.15) is 0 Å². The van der Waals surface area contributed by atoms with Crippen LogP contribution in [0.3, 0.4) is 0 Å². The third kappa shape index (κ3) is 4.46. The minimum atomic E-state index is 0.223. The van der Waals surface area contributed by atoms with Gasteiger partial charge in [0.1, 0.15) is 0 Å². The summed E-state index contributed by atoms with van der Waals surface area (Å²) in [6.45, 7) is 4.89. The van der Waals surface area contributed by atoms with Crippen LogP contribution in [0.1, 0.15) is 51.9 Å². The van der Waals surface area contributed by atoms with Gasteiger partial charge in [0.15, 0.2) is 0 Å². The first kappa shape index (κ1) is 14.8. The number of hydrogen-bond donors (Lipinski definition) is 2. The Morgan fingerprint density at radius 3 is 2.63 bits per heavy atom. The molecule has 4 heteroatoms. The summed E-state index contributed by atoms with van der Waals surface area (Å²) >= 11 is 0. The monoisotopic (exact) mass is 267 g/mol. The largest absolute Gasteiger partial charge is 0.353 e. The Hall–Kier alpha value is -0.610. The first-order valence-electron chi connectivity index (χ1n) is 7.98. The quantitative estimate of drug-likeness (QED) is 0.735. The van der Waals surface area contributed by atoms with Crippen LogP contribution in [0.4, 0.5) is 0 Å². The molecule has 110 valence electrons. The SMILES string of the molecule is CCN(CCC(=O)NC1CC1)C1CCCCC1CN. The molecular formula is C15H29N3O. The molecule has 0 aromatic rings. The van der Waals surface area contributed by atoms with Crippen LogP contribution in [-0.4, -0.2) is 42.5 Å². The lowest BCUT2D eigenvalue weighted by atomic mass is 9.83. The van der Waals surface area contributed by atoms with E-state index in [2.05, 4.69) is 17.1 Å². The summed E-state index contributed by atoms with van der Waals surface area (Å²) in [4.78, 5) is 14.3. The normalized spacial score (nSPS) is 27.5. The predicted octanol–water partition coefficient (Wildman–Crippen LogP) is 1.49. The summed E-state index contributed by atoms with van der Waals surface area (Å²) in [5, 5.41) is 3.07. The first-order chi connectivity index (χ1) is 9.24. The summed E-state index contributed by atoms with van der Waals surface area (Å²) in [5.41, 5.74) is 5.91. The van der Waals surface area contributed by atoms with Crippen LogP contribution in [0.15, 0.2) is 0 Å². The summed E-state index contributed by atoms with van der Waals surface area (Å²) in [7, 11) is 0. The second-order valence-electron chi connectivity index (χ2n) is 6.07. The Morgan fingerprint density at radius 2 is 2.00 bits per heavy atom. The Balaban J connectivity index is 1.78. The third-order valence-electron chi connectivity index (χ3n) is 4.62. The van der Waals surface area contributed by atoms with Gasteiger partial charge < -0.3 is 11.1 Å². The van der Waals surface area contributed by atoms with E-state index >= 15 is 0 Å². The van der Waals surface area contributed by atoms with Gasteiger partial charge >= 0.3 is 0 Å². The zero-order valence-corrected chi connectivity index (χ0v) is 12.2. The molecule has 0 radical (unpaired) electrons. The van der Waals surface area contributed by atoms with Crippen LogP contribution < -0.4 is 11.1 Å². The number of nitrogens with one attached hydrogen (secondary N) is 1. The number of nitrogens with zero attached hydrogens (tertiary/aromatic N) is 1. The van der Waals surface area contributed by atoms with E-state index in [-0.39, 0.29) is 5.91 Å². The van der Waals surface area contributed by atoms with Gasteiger partial charge in [-0.25, -0.2) is 0 Å². The highest BCUT2D eigenvalue weighted by Gasteiger charge is 2.29. The molecule has 2 unspecified atom stereocenters. The van der Waals surface area contributed by atoms with Crippen molar-refractivity contribution in [2.24, 2.45) is 11.7 Å². The van der Waals surface area contributed by atoms with Crippen LogP contribution >= 0.6 is 0 Å². The zero-order chi connectivity index (χ0) is 13.7. The molecule has 1 amide bonds. The van der Waals surface area contributed by atoms with Gasteiger partial charge in [0.2, 0.25) is 5.91 Å². The lowest BCUT2D eigenvalue weighted by Crippen LogP contribution is -2.46. The second kappa shape index (κ2) is 7.25. The molecule has 2 aliphatic carbocycles. The zero-order valence-electron chi connectivity index (χ0n) is 12.2. The van der Waals surface area contributed by atoms with Crippen molar-refractivity contribution in [3.8, 4) is 0 Å². The molecule has 3 N–H and O–H groups in total. The molecule has 0 spiro atoms. The molecular weight excluding hydrogens is 238 g/mol. The minimum Gasteiger partial charge on any atom is -0.353 e. The molecule has 0 aromatic heterocycles. The molecule has 0 saturated heterocycles. The van der Waals surface area contributed by atoms with Gasteiger partial charge in [-0.3, -0.25) is 9.69 Å². The van der Waals surface area contributed by atoms with Gasteiger partial charge in [0.05, 0.1) is 0 Å². The highest BCUT2D eigenvalue weighted by molar-refractivity contribution is 5.76. The van der Waals surface area contributed by atoms with Gasteiger partial charge in [0, 0.05) is 25.0 Å². The maximum absolute atomic E-state index is 11.8. The molecule has 2 fully saturated rings. The highest BCUT2D eigenvalue weighted by atomic mass is 16.1. The minimum absolute atomic E-state index is 0.223. The van der Waals surface area contributed by atoms with Crippen molar-refractivity contribution in [3.05, 3.63) is 0 Å². The van der Waals surface area contributed by atoms with E-state index in [1.165, 1.54) is 38.5 Å². The molecule has 4 nitrogen and oxygen atoms in total. The molecule has 2 aliphatic rings. The van der Waals surface area contributed by atoms with Crippen LogP contribution in [0, 0.1) is 5.92 Å². The number of carbonyl (C=O) groups excluding carboxylic acids is 1. The van der Waals surface area contributed by atoms with E-state index in [0.29, 0.717) is 24.4 Å². The number of nitrogens with two attached hydrogens (primary N) is 1. The summed E-state index contributed by atoms with van der Waals surface area (Å²) in [5.74, 6) is 0.848. The Bertz CT molecular complexity index is 291. The summed E-state index contributed by atoms with van der Waals surface area (Å²) < 4.78 is 0. The number of amides is 1. The van der Waals surface area contributed by atoms with Crippen molar-refractivity contribution in [2.45, 2.75) is 64.0 Å². The Labute approximate surface area is 117 Å². The van der Waals surface area contributed by atoms with Crippen LogP contribution in [0.25, 0.3) is 0 Å². The maximum Gasteiger partial charge on any atom is 0.221 e. The topological polar surface area (TPSA) is 58.4 Å². The average Bonchev–Trinajstić information content (AvgIpc) is 3.24. The molecule has 2 rings (SSSR count). The average molecular weight is 267 g/mol. The molecule has 19 heavy (non-hydrogen) atoms. The fourth-order valence-electron chi connectivity index (χ4n) is 3.27. The Kier molecular flexibility index (Phi) is 5.64. The second-order valence-corrected chi connectivity index (χ2v) is 6.07. The number of hydrogen-bond acceptors (Lipinski definition) is 3. The number of rotatable bonds is 7. The molecule has 2 saturated carbocycles. The van der Waals surface area contributed by atoms with Gasteiger partial charge in [-0.1, -0.05) is 19.8 Å². The molecule has 2 atom stereocenters. The van der Waals surface area contributed by atoms with Crippen molar-refractivity contribution < 1.29 is 4.79 Å². The Morgan fingerprint density at radius 1 is 1.26 bits per heavy atom. The fraction of sp³-hybridized carbons (Fsp3) is 0.933. The van der Waals surface area contributed by atoms with Crippen LogP contribution in [0.2, 0.25) is 0 Å². The van der Waals surface area contributed by atoms with E-state index in [4.69, 9.17) is 5.73 Å².